The Morgan fingerprint density at radius 2 is 2.00 bits per heavy atom. The van der Waals surface area contributed by atoms with Crippen molar-refractivity contribution >= 4 is 15.9 Å². The Balaban J connectivity index is 2.79. The maximum Gasteiger partial charge on any atom is 0.107 e. The van der Waals surface area contributed by atoms with Crippen LogP contribution in [0.4, 0.5) is 0 Å². The number of rotatable bonds is 3. The first-order valence-corrected chi connectivity index (χ1v) is 5.23. The minimum Gasteiger partial charge on any atom is -0.302 e. The number of benzene rings is 1. The molecule has 0 saturated carbocycles. The molecular weight excluding hydrogens is 240 g/mol. The standard InChI is InChI=1S/C11H13BrN2/c1-11(8-13,14-2)7-9-3-5-10(12)6-4-9/h3-6,14H,7H2,1-2H3. The lowest BCUT2D eigenvalue weighted by Crippen LogP contribution is -2.40. The van der Waals surface area contributed by atoms with Gasteiger partial charge in [-0.2, -0.15) is 5.26 Å². The van der Waals surface area contributed by atoms with Crippen LogP contribution in [0.15, 0.2) is 28.7 Å². The van der Waals surface area contributed by atoms with Crippen molar-refractivity contribution in [3.05, 3.63) is 34.3 Å². The molecule has 0 bridgehead atoms. The summed E-state index contributed by atoms with van der Waals surface area (Å²) in [6.45, 7) is 1.90. The lowest BCUT2D eigenvalue weighted by molar-refractivity contribution is 0.489. The summed E-state index contributed by atoms with van der Waals surface area (Å²) in [4.78, 5) is 0. The Morgan fingerprint density at radius 1 is 1.43 bits per heavy atom. The first-order valence-electron chi connectivity index (χ1n) is 4.44. The SMILES string of the molecule is CNC(C)(C#N)Cc1ccc(Br)cc1. The van der Waals surface area contributed by atoms with E-state index in [4.69, 9.17) is 5.26 Å². The second-order valence-corrected chi connectivity index (χ2v) is 4.41. The third-order valence-electron chi connectivity index (χ3n) is 2.27. The molecule has 1 aromatic carbocycles. The van der Waals surface area contributed by atoms with Gasteiger partial charge >= 0.3 is 0 Å². The Labute approximate surface area is 93.1 Å². The van der Waals surface area contributed by atoms with Gasteiger partial charge in [0, 0.05) is 10.9 Å². The summed E-state index contributed by atoms with van der Waals surface area (Å²) in [6.07, 6.45) is 0.716. The van der Waals surface area contributed by atoms with Gasteiger partial charge in [-0.3, -0.25) is 0 Å². The van der Waals surface area contributed by atoms with E-state index in [-0.39, 0.29) is 0 Å². The van der Waals surface area contributed by atoms with Gasteiger partial charge in [-0.1, -0.05) is 28.1 Å². The molecule has 0 aliphatic carbocycles. The van der Waals surface area contributed by atoms with Crippen LogP contribution >= 0.6 is 15.9 Å². The van der Waals surface area contributed by atoms with Crippen molar-refractivity contribution in [3.8, 4) is 6.07 Å². The maximum atomic E-state index is 8.98. The first kappa shape index (κ1) is 11.2. The molecule has 0 aromatic heterocycles. The molecule has 14 heavy (non-hydrogen) atoms. The second kappa shape index (κ2) is 4.59. The number of halogens is 1. The number of likely N-dealkylation sites (N-methyl/N-ethyl adjacent to an activating group) is 1. The molecule has 0 radical (unpaired) electrons. The highest BCUT2D eigenvalue weighted by Crippen LogP contribution is 2.15. The number of nitrogens with one attached hydrogen (secondary N) is 1. The van der Waals surface area contributed by atoms with Gasteiger partial charge in [0.25, 0.3) is 0 Å². The third kappa shape index (κ3) is 2.83. The van der Waals surface area contributed by atoms with Crippen LogP contribution in [0.3, 0.4) is 0 Å². The molecule has 1 aromatic rings. The zero-order chi connectivity index (χ0) is 10.6. The van der Waals surface area contributed by atoms with Crippen LogP contribution in [0.25, 0.3) is 0 Å². The molecule has 0 amide bonds. The molecule has 1 N–H and O–H groups in total. The summed E-state index contributed by atoms with van der Waals surface area (Å²) in [5.74, 6) is 0. The monoisotopic (exact) mass is 252 g/mol. The number of hydrogen-bond donors (Lipinski definition) is 1. The van der Waals surface area contributed by atoms with Gasteiger partial charge in [0.15, 0.2) is 0 Å². The third-order valence-corrected chi connectivity index (χ3v) is 2.80. The highest BCUT2D eigenvalue weighted by molar-refractivity contribution is 9.10. The van der Waals surface area contributed by atoms with Crippen LogP contribution in [0.2, 0.25) is 0 Å². The van der Waals surface area contributed by atoms with Crippen LogP contribution in [-0.2, 0) is 6.42 Å². The number of nitriles is 1. The molecule has 0 aliphatic heterocycles. The Hall–Kier alpha value is -0.850. The van der Waals surface area contributed by atoms with Crippen molar-refractivity contribution in [1.82, 2.24) is 5.32 Å². The van der Waals surface area contributed by atoms with E-state index in [0.717, 1.165) is 10.0 Å². The molecule has 0 aliphatic rings. The summed E-state index contributed by atoms with van der Waals surface area (Å²) < 4.78 is 1.06. The van der Waals surface area contributed by atoms with E-state index in [2.05, 4.69) is 27.3 Å². The van der Waals surface area contributed by atoms with Crippen molar-refractivity contribution < 1.29 is 0 Å². The van der Waals surface area contributed by atoms with E-state index < -0.39 is 5.54 Å². The minimum atomic E-state index is -0.478. The fourth-order valence-electron chi connectivity index (χ4n) is 1.19. The topological polar surface area (TPSA) is 35.8 Å². The minimum absolute atomic E-state index is 0.478. The normalized spacial score (nSPS) is 14.4. The summed E-state index contributed by atoms with van der Waals surface area (Å²) in [5.41, 5.74) is 0.681. The van der Waals surface area contributed by atoms with Gasteiger partial charge in [-0.15, -0.1) is 0 Å². The second-order valence-electron chi connectivity index (χ2n) is 3.50. The average molecular weight is 253 g/mol. The molecule has 1 unspecified atom stereocenters. The van der Waals surface area contributed by atoms with Crippen LogP contribution in [0.1, 0.15) is 12.5 Å². The van der Waals surface area contributed by atoms with Crippen LogP contribution in [-0.4, -0.2) is 12.6 Å². The molecule has 0 saturated heterocycles. The van der Waals surface area contributed by atoms with Gasteiger partial charge in [-0.05, 0) is 31.7 Å². The molecule has 74 valence electrons. The van der Waals surface area contributed by atoms with E-state index in [0.29, 0.717) is 6.42 Å². The number of nitrogens with zero attached hydrogens (tertiary/aromatic N) is 1. The Bertz CT molecular complexity index is 339. The van der Waals surface area contributed by atoms with Gasteiger partial charge < -0.3 is 5.32 Å². The van der Waals surface area contributed by atoms with Crippen molar-refractivity contribution in [1.29, 1.82) is 5.26 Å². The van der Waals surface area contributed by atoms with Crippen molar-refractivity contribution in [3.63, 3.8) is 0 Å². The Morgan fingerprint density at radius 3 is 2.43 bits per heavy atom. The van der Waals surface area contributed by atoms with E-state index in [9.17, 15) is 0 Å². The highest BCUT2D eigenvalue weighted by atomic mass is 79.9. The molecule has 0 heterocycles. The summed E-state index contributed by atoms with van der Waals surface area (Å²) >= 11 is 3.38. The molecule has 1 atom stereocenters. The maximum absolute atomic E-state index is 8.98. The van der Waals surface area contributed by atoms with E-state index in [1.54, 1.807) is 0 Å². The van der Waals surface area contributed by atoms with Crippen molar-refractivity contribution in [2.24, 2.45) is 0 Å². The van der Waals surface area contributed by atoms with Gasteiger partial charge in [0.05, 0.1) is 6.07 Å². The average Bonchev–Trinajstić information content (AvgIpc) is 2.21. The van der Waals surface area contributed by atoms with Crippen molar-refractivity contribution in [2.75, 3.05) is 7.05 Å². The van der Waals surface area contributed by atoms with Gasteiger partial charge in [-0.25, -0.2) is 0 Å². The molecule has 0 fully saturated rings. The van der Waals surface area contributed by atoms with Crippen LogP contribution in [0.5, 0.6) is 0 Å². The van der Waals surface area contributed by atoms with E-state index >= 15 is 0 Å². The van der Waals surface area contributed by atoms with Gasteiger partial charge in [0.1, 0.15) is 5.54 Å². The largest absolute Gasteiger partial charge is 0.302 e. The fourth-order valence-corrected chi connectivity index (χ4v) is 1.46. The molecule has 3 heteroatoms. The summed E-state index contributed by atoms with van der Waals surface area (Å²) in [5, 5.41) is 12.0. The molecule has 1 rings (SSSR count). The predicted octanol–water partition coefficient (Wildman–Crippen LogP) is 2.49. The van der Waals surface area contributed by atoms with Crippen LogP contribution < -0.4 is 5.32 Å². The summed E-state index contributed by atoms with van der Waals surface area (Å²) in [7, 11) is 1.81. The van der Waals surface area contributed by atoms with Crippen molar-refractivity contribution in [2.45, 2.75) is 18.9 Å². The smallest absolute Gasteiger partial charge is 0.107 e. The highest BCUT2D eigenvalue weighted by Gasteiger charge is 2.21. The first-order chi connectivity index (χ1) is 6.59. The predicted molar refractivity (Wildman–Crippen MR) is 60.9 cm³/mol. The van der Waals surface area contributed by atoms with Crippen LogP contribution in [0, 0.1) is 11.3 Å². The zero-order valence-electron chi connectivity index (χ0n) is 8.34. The fraction of sp³-hybridized carbons (Fsp3) is 0.364. The summed E-state index contributed by atoms with van der Waals surface area (Å²) in [6, 6.07) is 10.3. The quantitative estimate of drug-likeness (QED) is 0.898. The van der Waals surface area contributed by atoms with Gasteiger partial charge in [0.2, 0.25) is 0 Å². The Kier molecular flexibility index (Phi) is 3.68. The lowest BCUT2D eigenvalue weighted by Gasteiger charge is -2.20. The number of hydrogen-bond acceptors (Lipinski definition) is 2. The zero-order valence-corrected chi connectivity index (χ0v) is 9.93. The van der Waals surface area contributed by atoms with E-state index in [1.165, 1.54) is 0 Å². The molecular formula is C11H13BrN2. The van der Waals surface area contributed by atoms with E-state index in [1.807, 2.05) is 38.2 Å². The lowest BCUT2D eigenvalue weighted by atomic mass is 9.95. The molecule has 2 nitrogen and oxygen atoms in total. The molecule has 0 spiro atoms.